The third kappa shape index (κ3) is 4.27. The smallest absolute Gasteiger partial charge is 0.132 e. The summed E-state index contributed by atoms with van der Waals surface area (Å²) < 4.78 is 11.2. The molecule has 0 aromatic carbocycles. The van der Waals surface area contributed by atoms with Gasteiger partial charge in [0.15, 0.2) is 0 Å². The minimum atomic E-state index is -0.103. The molecule has 0 saturated carbocycles. The van der Waals surface area contributed by atoms with Crippen LogP contribution in [-0.4, -0.2) is 48.4 Å². The molecule has 25 heavy (non-hydrogen) atoms. The molecule has 3 rings (SSSR count). The van der Waals surface area contributed by atoms with E-state index >= 15 is 0 Å². The van der Waals surface area contributed by atoms with E-state index in [1.54, 1.807) is 6.33 Å². The van der Waals surface area contributed by atoms with Crippen LogP contribution in [0.3, 0.4) is 0 Å². The average molecular weight is 342 g/mol. The van der Waals surface area contributed by atoms with Crippen molar-refractivity contribution in [2.45, 2.75) is 32.4 Å². The maximum atomic E-state index is 6.29. The van der Waals surface area contributed by atoms with Gasteiger partial charge in [0.1, 0.15) is 17.9 Å². The van der Waals surface area contributed by atoms with Crippen LogP contribution in [0.4, 0.5) is 5.82 Å². The Morgan fingerprint density at radius 2 is 2.12 bits per heavy atom. The van der Waals surface area contributed by atoms with Gasteiger partial charge in [-0.25, -0.2) is 9.97 Å². The molecule has 1 aromatic heterocycles. The molecular weight excluding hydrogens is 316 g/mol. The number of hydrogen-bond donors (Lipinski definition) is 1. The van der Waals surface area contributed by atoms with E-state index in [0.717, 1.165) is 61.1 Å². The first kappa shape index (κ1) is 17.6. The van der Waals surface area contributed by atoms with Gasteiger partial charge < -0.3 is 20.1 Å². The predicted molar refractivity (Wildman–Crippen MR) is 99.1 cm³/mol. The van der Waals surface area contributed by atoms with E-state index in [9.17, 15) is 0 Å². The standard InChI is InChI=1S/C19H26N4O2/c1-13(2)25-15-4-5-17(20)16(10-15)14(3)18-11-19(22-12-21-18)23-6-8-24-9-7-23/h4,10-13,17H,3,5-9,20H2,1-2H3. The molecule has 0 amide bonds. The number of rotatable bonds is 5. The first-order valence-electron chi connectivity index (χ1n) is 8.73. The summed E-state index contributed by atoms with van der Waals surface area (Å²) in [5.74, 6) is 1.74. The first-order valence-corrected chi connectivity index (χ1v) is 8.73. The summed E-state index contributed by atoms with van der Waals surface area (Å²) in [6, 6.07) is 1.87. The van der Waals surface area contributed by atoms with Crippen molar-refractivity contribution in [3.63, 3.8) is 0 Å². The highest BCUT2D eigenvalue weighted by atomic mass is 16.5. The molecule has 2 heterocycles. The van der Waals surface area contributed by atoms with Crippen LogP contribution in [0, 0.1) is 0 Å². The van der Waals surface area contributed by atoms with Gasteiger partial charge >= 0.3 is 0 Å². The van der Waals surface area contributed by atoms with Crippen LogP contribution < -0.4 is 10.6 Å². The van der Waals surface area contributed by atoms with Crippen LogP contribution in [0.2, 0.25) is 0 Å². The van der Waals surface area contributed by atoms with Gasteiger partial charge in [-0.1, -0.05) is 6.58 Å². The monoisotopic (exact) mass is 342 g/mol. The normalized spacial score (nSPS) is 21.0. The predicted octanol–water partition coefficient (Wildman–Crippen LogP) is 2.29. The van der Waals surface area contributed by atoms with Crippen molar-refractivity contribution < 1.29 is 9.47 Å². The summed E-state index contributed by atoms with van der Waals surface area (Å²) in [6.07, 6.45) is 6.45. The zero-order valence-corrected chi connectivity index (χ0v) is 14.9. The molecule has 1 unspecified atom stereocenters. The van der Waals surface area contributed by atoms with E-state index < -0.39 is 0 Å². The Balaban J connectivity index is 1.82. The number of ether oxygens (including phenoxy) is 2. The van der Waals surface area contributed by atoms with Gasteiger partial charge in [0, 0.05) is 25.2 Å². The minimum absolute atomic E-state index is 0.103. The lowest BCUT2D eigenvalue weighted by molar-refractivity contribution is 0.122. The maximum absolute atomic E-state index is 6.29. The Morgan fingerprint density at radius 3 is 2.84 bits per heavy atom. The quantitative estimate of drug-likeness (QED) is 0.885. The fraction of sp³-hybridized carbons (Fsp3) is 0.474. The highest BCUT2D eigenvalue weighted by molar-refractivity contribution is 5.78. The van der Waals surface area contributed by atoms with Gasteiger partial charge in [-0.2, -0.15) is 0 Å². The second-order valence-corrected chi connectivity index (χ2v) is 6.55. The van der Waals surface area contributed by atoms with Crippen LogP contribution >= 0.6 is 0 Å². The van der Waals surface area contributed by atoms with Crippen LogP contribution in [-0.2, 0) is 9.47 Å². The highest BCUT2D eigenvalue weighted by Gasteiger charge is 2.21. The molecule has 1 aliphatic heterocycles. The molecule has 0 radical (unpaired) electrons. The van der Waals surface area contributed by atoms with Gasteiger partial charge in [-0.3, -0.25) is 0 Å². The molecule has 2 N–H and O–H groups in total. The number of allylic oxidation sites excluding steroid dienone is 1. The molecule has 1 aromatic rings. The summed E-state index contributed by atoms with van der Waals surface area (Å²) in [5, 5.41) is 0. The first-order chi connectivity index (χ1) is 12.0. The maximum Gasteiger partial charge on any atom is 0.132 e. The fourth-order valence-electron chi connectivity index (χ4n) is 2.98. The number of morpholine rings is 1. The third-order valence-corrected chi connectivity index (χ3v) is 4.29. The van der Waals surface area contributed by atoms with Crippen molar-refractivity contribution in [2.24, 2.45) is 5.73 Å². The zero-order valence-electron chi connectivity index (χ0n) is 14.9. The minimum Gasteiger partial charge on any atom is -0.491 e. The van der Waals surface area contributed by atoms with Crippen LogP contribution in [0.5, 0.6) is 0 Å². The van der Waals surface area contributed by atoms with E-state index in [-0.39, 0.29) is 12.1 Å². The van der Waals surface area contributed by atoms with Crippen molar-refractivity contribution in [1.82, 2.24) is 9.97 Å². The second kappa shape index (κ2) is 7.80. The zero-order chi connectivity index (χ0) is 17.8. The van der Waals surface area contributed by atoms with Crippen LogP contribution in [0.15, 0.2) is 42.5 Å². The SMILES string of the molecule is C=C(C1=CC(OC(C)C)=CCC1N)c1cc(N2CCOCC2)ncn1. The van der Waals surface area contributed by atoms with Crippen LogP contribution in [0.1, 0.15) is 26.0 Å². The van der Waals surface area contributed by atoms with Gasteiger partial charge in [0.2, 0.25) is 0 Å². The lowest BCUT2D eigenvalue weighted by atomic mass is 9.91. The third-order valence-electron chi connectivity index (χ3n) is 4.29. The number of nitrogens with zero attached hydrogens (tertiary/aromatic N) is 3. The van der Waals surface area contributed by atoms with Crippen molar-refractivity contribution in [3.05, 3.63) is 48.2 Å². The van der Waals surface area contributed by atoms with E-state index in [4.69, 9.17) is 15.2 Å². The number of aromatic nitrogens is 2. The van der Waals surface area contributed by atoms with E-state index in [2.05, 4.69) is 21.4 Å². The molecule has 134 valence electrons. The number of nitrogens with two attached hydrogens (primary N) is 1. The molecule has 6 nitrogen and oxygen atoms in total. The van der Waals surface area contributed by atoms with Gasteiger partial charge in [-0.05, 0) is 43.6 Å². The van der Waals surface area contributed by atoms with Crippen molar-refractivity contribution >= 4 is 11.4 Å². The Bertz CT molecular complexity index is 690. The largest absolute Gasteiger partial charge is 0.491 e. The lowest BCUT2D eigenvalue weighted by Gasteiger charge is -2.28. The Morgan fingerprint density at radius 1 is 1.36 bits per heavy atom. The Hall–Kier alpha value is -2.18. The topological polar surface area (TPSA) is 73.5 Å². The highest BCUT2D eigenvalue weighted by Crippen LogP contribution is 2.29. The van der Waals surface area contributed by atoms with E-state index in [0.29, 0.717) is 0 Å². The molecule has 0 spiro atoms. The summed E-state index contributed by atoms with van der Waals surface area (Å²) in [7, 11) is 0. The van der Waals surface area contributed by atoms with Crippen molar-refractivity contribution in [3.8, 4) is 0 Å². The fourth-order valence-corrected chi connectivity index (χ4v) is 2.98. The molecule has 2 aliphatic rings. The summed E-state index contributed by atoms with van der Waals surface area (Å²) >= 11 is 0. The number of anilines is 1. The molecule has 6 heteroatoms. The molecule has 1 saturated heterocycles. The molecular formula is C19H26N4O2. The lowest BCUT2D eigenvalue weighted by Crippen LogP contribution is -2.36. The van der Waals surface area contributed by atoms with Gasteiger partial charge in [-0.15, -0.1) is 0 Å². The summed E-state index contributed by atoms with van der Waals surface area (Å²) in [4.78, 5) is 11.0. The average Bonchev–Trinajstić information content (AvgIpc) is 2.63. The van der Waals surface area contributed by atoms with Crippen molar-refractivity contribution in [2.75, 3.05) is 31.2 Å². The van der Waals surface area contributed by atoms with Crippen molar-refractivity contribution in [1.29, 1.82) is 0 Å². The summed E-state index contributed by atoms with van der Waals surface area (Å²) in [5.41, 5.74) is 8.87. The van der Waals surface area contributed by atoms with E-state index in [1.165, 1.54) is 0 Å². The Kier molecular flexibility index (Phi) is 5.50. The molecule has 0 bridgehead atoms. The number of hydrogen-bond acceptors (Lipinski definition) is 6. The van der Waals surface area contributed by atoms with E-state index in [1.807, 2.05) is 32.1 Å². The van der Waals surface area contributed by atoms with Gasteiger partial charge in [0.25, 0.3) is 0 Å². The van der Waals surface area contributed by atoms with Gasteiger partial charge in [0.05, 0.1) is 25.0 Å². The van der Waals surface area contributed by atoms with Crippen LogP contribution in [0.25, 0.3) is 5.57 Å². The second-order valence-electron chi connectivity index (χ2n) is 6.55. The molecule has 1 aliphatic carbocycles. The molecule has 1 atom stereocenters. The summed E-state index contributed by atoms with van der Waals surface area (Å²) in [6.45, 7) is 11.4. The molecule has 1 fully saturated rings. The Labute approximate surface area is 149 Å².